The van der Waals surface area contributed by atoms with E-state index in [1.165, 1.54) is 11.3 Å². The second-order valence-electron chi connectivity index (χ2n) is 3.29. The Kier molecular flexibility index (Phi) is 4.30. The lowest BCUT2D eigenvalue weighted by molar-refractivity contribution is -0.155. The normalized spacial score (nSPS) is 10.4. The molecule has 0 fully saturated rings. The van der Waals surface area contributed by atoms with E-state index in [1.807, 2.05) is 12.3 Å². The van der Waals surface area contributed by atoms with Crippen molar-refractivity contribution in [3.05, 3.63) is 16.3 Å². The zero-order valence-corrected chi connectivity index (χ0v) is 9.49. The van der Waals surface area contributed by atoms with Crippen molar-refractivity contribution in [2.45, 2.75) is 13.3 Å². The van der Waals surface area contributed by atoms with Gasteiger partial charge in [-0.05, 0) is 12.3 Å². The summed E-state index contributed by atoms with van der Waals surface area (Å²) in [6, 6.07) is 0. The number of rotatable bonds is 6. The van der Waals surface area contributed by atoms with Crippen LogP contribution in [0.2, 0.25) is 0 Å². The minimum absolute atomic E-state index is 0.0417. The lowest BCUT2D eigenvalue weighted by Crippen LogP contribution is -2.25. The predicted octanol–water partition coefficient (Wildman–Crippen LogP) is 1.61. The van der Waals surface area contributed by atoms with Gasteiger partial charge in [-0.1, -0.05) is 0 Å². The molecule has 0 atom stereocenters. The predicted molar refractivity (Wildman–Crippen MR) is 57.9 cm³/mol. The van der Waals surface area contributed by atoms with Crippen LogP contribution in [0.5, 0.6) is 5.75 Å². The molecule has 88 valence electrons. The summed E-state index contributed by atoms with van der Waals surface area (Å²) >= 11 is 1.48. The second kappa shape index (κ2) is 5.50. The Hall–Kier alpha value is -1.56. The summed E-state index contributed by atoms with van der Waals surface area (Å²) < 4.78 is 5.29. The quantitative estimate of drug-likeness (QED) is 0.743. The van der Waals surface area contributed by atoms with Crippen molar-refractivity contribution >= 4 is 23.3 Å². The Morgan fingerprint density at radius 2 is 2.00 bits per heavy atom. The van der Waals surface area contributed by atoms with Crippen LogP contribution in [0, 0.1) is 12.8 Å². The lowest BCUT2D eigenvalue weighted by atomic mass is 10.1. The van der Waals surface area contributed by atoms with E-state index in [0.29, 0.717) is 5.75 Å². The van der Waals surface area contributed by atoms with E-state index in [2.05, 4.69) is 0 Å². The summed E-state index contributed by atoms with van der Waals surface area (Å²) in [5, 5.41) is 20.9. The molecule has 1 aromatic heterocycles. The zero-order valence-electron chi connectivity index (χ0n) is 8.67. The average Bonchev–Trinajstić information content (AvgIpc) is 2.57. The van der Waals surface area contributed by atoms with Crippen LogP contribution in [0.3, 0.4) is 0 Å². The zero-order chi connectivity index (χ0) is 12.1. The third kappa shape index (κ3) is 3.23. The number of aliphatic carboxylic acids is 2. The monoisotopic (exact) mass is 244 g/mol. The van der Waals surface area contributed by atoms with Crippen molar-refractivity contribution in [1.82, 2.24) is 0 Å². The largest absolute Gasteiger partial charge is 0.492 e. The van der Waals surface area contributed by atoms with Crippen molar-refractivity contribution in [2.75, 3.05) is 6.61 Å². The van der Waals surface area contributed by atoms with Crippen molar-refractivity contribution in [1.29, 1.82) is 0 Å². The number of carbonyl (C=O) groups is 2. The van der Waals surface area contributed by atoms with Gasteiger partial charge in [-0.3, -0.25) is 9.59 Å². The van der Waals surface area contributed by atoms with Gasteiger partial charge in [-0.15, -0.1) is 11.3 Å². The third-order valence-corrected chi connectivity index (χ3v) is 2.91. The van der Waals surface area contributed by atoms with Crippen molar-refractivity contribution < 1.29 is 24.5 Å². The van der Waals surface area contributed by atoms with Gasteiger partial charge in [0.1, 0.15) is 5.75 Å². The van der Waals surface area contributed by atoms with E-state index in [9.17, 15) is 9.59 Å². The van der Waals surface area contributed by atoms with Gasteiger partial charge >= 0.3 is 11.9 Å². The van der Waals surface area contributed by atoms with Gasteiger partial charge in [0.15, 0.2) is 5.92 Å². The summed E-state index contributed by atoms with van der Waals surface area (Å²) in [5.41, 5.74) is 0.965. The van der Waals surface area contributed by atoms with Gasteiger partial charge in [0, 0.05) is 17.4 Å². The molecule has 0 unspecified atom stereocenters. The molecule has 16 heavy (non-hydrogen) atoms. The Morgan fingerprint density at radius 3 is 2.44 bits per heavy atom. The number of aryl methyl sites for hydroxylation is 1. The van der Waals surface area contributed by atoms with E-state index in [0.717, 1.165) is 5.56 Å². The molecule has 5 nitrogen and oxygen atoms in total. The molecule has 0 aliphatic heterocycles. The maximum Gasteiger partial charge on any atom is 0.318 e. The Labute approximate surface area is 96.3 Å². The topological polar surface area (TPSA) is 83.8 Å². The molecule has 1 aromatic rings. The summed E-state index contributed by atoms with van der Waals surface area (Å²) in [7, 11) is 0. The highest BCUT2D eigenvalue weighted by atomic mass is 32.1. The van der Waals surface area contributed by atoms with Gasteiger partial charge in [-0.25, -0.2) is 0 Å². The highest BCUT2D eigenvalue weighted by molar-refractivity contribution is 7.08. The number of ether oxygens (including phenoxy) is 1. The smallest absolute Gasteiger partial charge is 0.318 e. The highest BCUT2D eigenvalue weighted by Crippen LogP contribution is 2.22. The van der Waals surface area contributed by atoms with Crippen molar-refractivity contribution in [2.24, 2.45) is 5.92 Å². The average molecular weight is 244 g/mol. The number of carboxylic acids is 2. The maximum atomic E-state index is 10.6. The Bertz CT molecular complexity index is 370. The van der Waals surface area contributed by atoms with E-state index in [4.69, 9.17) is 14.9 Å². The lowest BCUT2D eigenvalue weighted by Gasteiger charge is -2.08. The van der Waals surface area contributed by atoms with E-state index in [-0.39, 0.29) is 13.0 Å². The molecule has 0 saturated heterocycles. The second-order valence-corrected chi connectivity index (χ2v) is 4.03. The van der Waals surface area contributed by atoms with Crippen LogP contribution < -0.4 is 4.74 Å². The maximum absolute atomic E-state index is 10.6. The Balaban J connectivity index is 2.43. The van der Waals surface area contributed by atoms with Gasteiger partial charge in [0.05, 0.1) is 6.61 Å². The third-order valence-electron chi connectivity index (χ3n) is 2.07. The first-order valence-corrected chi connectivity index (χ1v) is 5.58. The van der Waals surface area contributed by atoms with Crippen LogP contribution in [-0.2, 0) is 9.59 Å². The standard InChI is InChI=1S/C10H12O5S/c1-6-4-16-5-8(6)15-3-2-7(9(11)12)10(13)14/h4-5,7H,2-3H2,1H3,(H,11,12)(H,13,14). The Morgan fingerprint density at radius 1 is 1.38 bits per heavy atom. The first-order chi connectivity index (χ1) is 7.52. The van der Waals surface area contributed by atoms with Gasteiger partial charge in [0.2, 0.25) is 0 Å². The summed E-state index contributed by atoms with van der Waals surface area (Å²) in [4.78, 5) is 21.1. The molecule has 0 saturated carbocycles. The molecule has 0 bridgehead atoms. The van der Waals surface area contributed by atoms with Crippen molar-refractivity contribution in [3.8, 4) is 5.75 Å². The highest BCUT2D eigenvalue weighted by Gasteiger charge is 2.25. The molecule has 0 aromatic carbocycles. The number of hydrogen-bond donors (Lipinski definition) is 2. The van der Waals surface area contributed by atoms with Crippen LogP contribution in [0.25, 0.3) is 0 Å². The number of thiophene rings is 1. The van der Waals surface area contributed by atoms with Crippen LogP contribution in [0.1, 0.15) is 12.0 Å². The molecule has 0 aliphatic carbocycles. The summed E-state index contributed by atoms with van der Waals surface area (Å²) in [5.74, 6) is -3.39. The summed E-state index contributed by atoms with van der Waals surface area (Å²) in [6.07, 6.45) is -0.0417. The van der Waals surface area contributed by atoms with E-state index in [1.54, 1.807) is 5.38 Å². The molecule has 2 N–H and O–H groups in total. The molecule has 1 rings (SSSR count). The van der Waals surface area contributed by atoms with E-state index >= 15 is 0 Å². The van der Waals surface area contributed by atoms with Crippen molar-refractivity contribution in [3.63, 3.8) is 0 Å². The minimum atomic E-state index is -1.40. The fourth-order valence-corrected chi connectivity index (χ4v) is 1.90. The van der Waals surface area contributed by atoms with E-state index < -0.39 is 17.9 Å². The molecular formula is C10H12O5S. The van der Waals surface area contributed by atoms with Gasteiger partial charge < -0.3 is 14.9 Å². The first kappa shape index (κ1) is 12.5. The minimum Gasteiger partial charge on any atom is -0.492 e. The van der Waals surface area contributed by atoms with Crippen LogP contribution in [0.4, 0.5) is 0 Å². The molecule has 0 spiro atoms. The molecule has 1 heterocycles. The number of carboxylic acid groups (broad SMARTS) is 2. The van der Waals surface area contributed by atoms with Crippen LogP contribution in [-0.4, -0.2) is 28.8 Å². The first-order valence-electron chi connectivity index (χ1n) is 4.63. The fraction of sp³-hybridized carbons (Fsp3) is 0.400. The van der Waals surface area contributed by atoms with Crippen LogP contribution >= 0.6 is 11.3 Å². The number of hydrogen-bond acceptors (Lipinski definition) is 4. The molecular weight excluding hydrogens is 232 g/mol. The van der Waals surface area contributed by atoms with Crippen LogP contribution in [0.15, 0.2) is 10.8 Å². The molecule has 0 radical (unpaired) electrons. The SMILES string of the molecule is Cc1cscc1OCCC(C(=O)O)C(=O)O. The fourth-order valence-electron chi connectivity index (χ4n) is 1.14. The molecule has 6 heteroatoms. The summed E-state index contributed by atoms with van der Waals surface area (Å²) in [6.45, 7) is 1.96. The molecule has 0 amide bonds. The molecule has 0 aliphatic rings. The van der Waals surface area contributed by atoms with Gasteiger partial charge in [0.25, 0.3) is 0 Å². The van der Waals surface area contributed by atoms with Gasteiger partial charge in [-0.2, -0.15) is 0 Å².